The average Bonchev–Trinajstić information content (AvgIpc) is 2.69. The van der Waals surface area contributed by atoms with Gasteiger partial charge in [0.05, 0.1) is 16.7 Å². The van der Waals surface area contributed by atoms with Crippen LogP contribution < -0.4 is 5.56 Å². The molecule has 27 heavy (non-hydrogen) atoms. The summed E-state index contributed by atoms with van der Waals surface area (Å²) in [6.07, 6.45) is 2.57. The van der Waals surface area contributed by atoms with Gasteiger partial charge in [-0.1, -0.05) is 60.6 Å². The fourth-order valence-electron chi connectivity index (χ4n) is 2.71. The van der Waals surface area contributed by atoms with Gasteiger partial charge >= 0.3 is 0 Å². The summed E-state index contributed by atoms with van der Waals surface area (Å²) in [5.41, 5.74) is 2.22. The molecule has 0 saturated carbocycles. The van der Waals surface area contributed by atoms with Crippen LogP contribution in [0.5, 0.6) is 0 Å². The number of hydrogen-bond donors (Lipinski definition) is 0. The van der Waals surface area contributed by atoms with Gasteiger partial charge in [-0.2, -0.15) is 0 Å². The number of hydrogen-bond acceptors (Lipinski definition) is 4. The molecule has 0 aliphatic carbocycles. The van der Waals surface area contributed by atoms with Gasteiger partial charge in [0, 0.05) is 17.1 Å². The lowest BCUT2D eigenvalue weighted by Gasteiger charge is -2.11. The summed E-state index contributed by atoms with van der Waals surface area (Å²) in [6, 6.07) is 12.6. The molecule has 0 N–H and O–H groups in total. The van der Waals surface area contributed by atoms with Crippen LogP contribution in [0.2, 0.25) is 5.02 Å². The van der Waals surface area contributed by atoms with E-state index >= 15 is 0 Å². The molecule has 0 radical (unpaired) electrons. The highest BCUT2D eigenvalue weighted by molar-refractivity contribution is 7.99. The number of halogens is 1. The van der Waals surface area contributed by atoms with E-state index in [1.54, 1.807) is 24.3 Å². The molecule has 1 aromatic heterocycles. The third-order valence-corrected chi connectivity index (χ3v) is 5.42. The molecule has 138 valence electrons. The van der Waals surface area contributed by atoms with Crippen LogP contribution in [0.1, 0.15) is 22.8 Å². The highest BCUT2D eigenvalue weighted by Crippen LogP contribution is 2.21. The molecule has 0 fully saturated rings. The van der Waals surface area contributed by atoms with E-state index in [0.29, 0.717) is 33.2 Å². The Morgan fingerprint density at radius 3 is 2.67 bits per heavy atom. The molecular formula is C21H19ClN2O2S. The maximum absolute atomic E-state index is 12.8. The van der Waals surface area contributed by atoms with Crippen molar-refractivity contribution in [3.8, 4) is 0 Å². The number of Topliss-reactive ketones (excluding diaryl/α,β-unsaturated/α-hetero) is 1. The maximum Gasteiger partial charge on any atom is 0.262 e. The van der Waals surface area contributed by atoms with Crippen LogP contribution >= 0.6 is 23.4 Å². The van der Waals surface area contributed by atoms with Gasteiger partial charge in [-0.3, -0.25) is 14.2 Å². The Hall–Kier alpha value is -2.37. The number of carbonyl (C=O) groups is 1. The molecule has 0 aliphatic heterocycles. The number of fused-ring (bicyclic) bond motifs is 1. The topological polar surface area (TPSA) is 52.0 Å². The van der Waals surface area contributed by atoms with E-state index in [4.69, 9.17) is 11.6 Å². The summed E-state index contributed by atoms with van der Waals surface area (Å²) in [7, 11) is 0. The lowest BCUT2D eigenvalue weighted by Crippen LogP contribution is -2.23. The second-order valence-electron chi connectivity index (χ2n) is 6.02. The van der Waals surface area contributed by atoms with Crippen LogP contribution in [-0.4, -0.2) is 21.1 Å². The number of aryl methyl sites for hydroxylation is 1. The van der Waals surface area contributed by atoms with Crippen molar-refractivity contribution in [2.24, 2.45) is 0 Å². The number of aromatic nitrogens is 2. The van der Waals surface area contributed by atoms with E-state index in [1.165, 1.54) is 21.9 Å². The van der Waals surface area contributed by atoms with Gasteiger partial charge in [0.15, 0.2) is 10.9 Å². The van der Waals surface area contributed by atoms with Crippen molar-refractivity contribution in [3.05, 3.63) is 81.6 Å². The Morgan fingerprint density at radius 1 is 1.26 bits per heavy atom. The maximum atomic E-state index is 12.8. The van der Waals surface area contributed by atoms with Gasteiger partial charge in [0.2, 0.25) is 0 Å². The summed E-state index contributed by atoms with van der Waals surface area (Å²) in [5.74, 6) is 0.201. The first-order valence-corrected chi connectivity index (χ1v) is 9.95. The quantitative estimate of drug-likeness (QED) is 0.249. The van der Waals surface area contributed by atoms with Crippen LogP contribution in [0.25, 0.3) is 10.9 Å². The first kappa shape index (κ1) is 19.4. The highest BCUT2D eigenvalue weighted by Gasteiger charge is 2.14. The predicted octanol–water partition coefficient (Wildman–Crippen LogP) is 4.77. The second kappa shape index (κ2) is 8.55. The van der Waals surface area contributed by atoms with Crippen molar-refractivity contribution in [3.63, 3.8) is 0 Å². The molecule has 0 spiro atoms. The van der Waals surface area contributed by atoms with Crippen molar-refractivity contribution >= 4 is 40.0 Å². The standard InChI is InChI=1S/C21H19ClN2O2S/c1-3-11-24-20(26)17-12-16(22)9-10-18(17)23-21(24)27-13-19(25)15-7-5-14(4-2)6-8-15/h3,5-10,12H,1,4,11,13H2,2H3. The number of allylic oxidation sites excluding steroid dienone is 1. The zero-order valence-electron chi connectivity index (χ0n) is 14.9. The molecule has 3 aromatic rings. The Morgan fingerprint density at radius 2 is 2.00 bits per heavy atom. The fourth-order valence-corrected chi connectivity index (χ4v) is 3.79. The average molecular weight is 399 g/mol. The molecule has 4 nitrogen and oxygen atoms in total. The molecule has 0 unspecified atom stereocenters. The van der Waals surface area contributed by atoms with Crippen LogP contribution in [0.4, 0.5) is 0 Å². The molecule has 2 aromatic carbocycles. The van der Waals surface area contributed by atoms with Gasteiger partial charge in [-0.05, 0) is 30.2 Å². The van der Waals surface area contributed by atoms with E-state index in [1.807, 2.05) is 24.3 Å². The van der Waals surface area contributed by atoms with E-state index in [-0.39, 0.29) is 17.1 Å². The van der Waals surface area contributed by atoms with Gasteiger partial charge in [0.25, 0.3) is 5.56 Å². The van der Waals surface area contributed by atoms with Crippen molar-refractivity contribution in [1.82, 2.24) is 9.55 Å². The first-order chi connectivity index (χ1) is 13.0. The molecule has 0 amide bonds. The molecular weight excluding hydrogens is 380 g/mol. The molecule has 0 aliphatic rings. The first-order valence-electron chi connectivity index (χ1n) is 8.59. The second-order valence-corrected chi connectivity index (χ2v) is 7.40. The highest BCUT2D eigenvalue weighted by atomic mass is 35.5. The van der Waals surface area contributed by atoms with E-state index in [9.17, 15) is 9.59 Å². The predicted molar refractivity (Wildman–Crippen MR) is 112 cm³/mol. The molecule has 0 atom stereocenters. The Kier molecular flexibility index (Phi) is 6.14. The largest absolute Gasteiger partial charge is 0.293 e. The van der Waals surface area contributed by atoms with Crippen molar-refractivity contribution in [2.45, 2.75) is 25.0 Å². The van der Waals surface area contributed by atoms with Crippen molar-refractivity contribution in [1.29, 1.82) is 0 Å². The number of rotatable bonds is 7. The summed E-state index contributed by atoms with van der Waals surface area (Å²) in [6.45, 7) is 6.09. The summed E-state index contributed by atoms with van der Waals surface area (Å²) >= 11 is 7.26. The Balaban J connectivity index is 1.89. The monoisotopic (exact) mass is 398 g/mol. The van der Waals surface area contributed by atoms with Crippen LogP contribution in [0, 0.1) is 0 Å². The molecule has 3 rings (SSSR count). The zero-order chi connectivity index (χ0) is 19.4. The molecule has 1 heterocycles. The van der Waals surface area contributed by atoms with E-state index in [2.05, 4.69) is 18.5 Å². The van der Waals surface area contributed by atoms with Crippen LogP contribution in [0.3, 0.4) is 0 Å². The molecule has 0 bridgehead atoms. The van der Waals surface area contributed by atoms with Gasteiger partial charge in [-0.25, -0.2) is 4.98 Å². The van der Waals surface area contributed by atoms with E-state index < -0.39 is 0 Å². The smallest absolute Gasteiger partial charge is 0.262 e. The SMILES string of the molecule is C=CCn1c(SCC(=O)c2ccc(CC)cc2)nc2ccc(Cl)cc2c1=O. The zero-order valence-corrected chi connectivity index (χ0v) is 16.5. The number of carbonyl (C=O) groups excluding carboxylic acids is 1. The summed E-state index contributed by atoms with van der Waals surface area (Å²) in [4.78, 5) is 29.9. The summed E-state index contributed by atoms with van der Waals surface area (Å²) < 4.78 is 1.52. The number of benzene rings is 2. The minimum atomic E-state index is -0.190. The van der Waals surface area contributed by atoms with Gasteiger partial charge in [-0.15, -0.1) is 6.58 Å². The molecule has 6 heteroatoms. The lowest BCUT2D eigenvalue weighted by atomic mass is 10.1. The normalized spacial score (nSPS) is 10.9. The lowest BCUT2D eigenvalue weighted by molar-refractivity contribution is 0.102. The van der Waals surface area contributed by atoms with Crippen molar-refractivity contribution in [2.75, 3.05) is 5.75 Å². The third kappa shape index (κ3) is 4.31. The van der Waals surface area contributed by atoms with Crippen LogP contribution in [-0.2, 0) is 13.0 Å². The Bertz CT molecular complexity index is 1060. The minimum Gasteiger partial charge on any atom is -0.293 e. The van der Waals surface area contributed by atoms with Crippen molar-refractivity contribution < 1.29 is 4.79 Å². The minimum absolute atomic E-state index is 0.00161. The Labute approximate surface area is 166 Å². The van der Waals surface area contributed by atoms with Gasteiger partial charge in [0.1, 0.15) is 0 Å². The number of ketones is 1. The number of nitrogens with zero attached hydrogens (tertiary/aromatic N) is 2. The fraction of sp³-hybridized carbons (Fsp3) is 0.190. The summed E-state index contributed by atoms with van der Waals surface area (Å²) in [5, 5.41) is 1.43. The number of thioether (sulfide) groups is 1. The molecule has 0 saturated heterocycles. The third-order valence-electron chi connectivity index (χ3n) is 4.21. The van der Waals surface area contributed by atoms with Crippen LogP contribution in [0.15, 0.2) is 65.1 Å². The van der Waals surface area contributed by atoms with Gasteiger partial charge < -0.3 is 0 Å². The van der Waals surface area contributed by atoms with E-state index in [0.717, 1.165) is 6.42 Å².